The van der Waals surface area contributed by atoms with Crippen LogP contribution >= 0.6 is 23.4 Å². The summed E-state index contributed by atoms with van der Waals surface area (Å²) in [6.07, 6.45) is 1.42. The van der Waals surface area contributed by atoms with E-state index in [1.807, 2.05) is 21.9 Å². The Kier molecular flexibility index (Phi) is 7.91. The first-order chi connectivity index (χ1) is 16.6. The monoisotopic (exact) mass is 515 g/mol. The van der Waals surface area contributed by atoms with Crippen LogP contribution in [0.5, 0.6) is 0 Å². The predicted octanol–water partition coefficient (Wildman–Crippen LogP) is 4.28. The van der Waals surface area contributed by atoms with Crippen molar-refractivity contribution in [2.24, 2.45) is 5.41 Å². The molecule has 0 saturated carbocycles. The Morgan fingerprint density at radius 2 is 1.83 bits per heavy atom. The number of amides is 2. The van der Waals surface area contributed by atoms with E-state index in [0.29, 0.717) is 42.9 Å². The number of hydrogen-bond acceptors (Lipinski definition) is 6. The van der Waals surface area contributed by atoms with Gasteiger partial charge in [0.05, 0.1) is 5.75 Å². The molecule has 188 valence electrons. The van der Waals surface area contributed by atoms with Crippen molar-refractivity contribution < 1.29 is 9.59 Å². The van der Waals surface area contributed by atoms with Gasteiger partial charge in [0, 0.05) is 51.3 Å². The molecule has 2 aliphatic rings. The van der Waals surface area contributed by atoms with Crippen LogP contribution in [0.4, 0.5) is 5.82 Å². The Labute approximate surface area is 217 Å². The lowest BCUT2D eigenvalue weighted by Crippen LogP contribution is -2.54. The number of carbonyl (C=O) groups is 2. The smallest absolute Gasteiger partial charge is 0.233 e. The lowest BCUT2D eigenvalue weighted by molar-refractivity contribution is -0.135. The first kappa shape index (κ1) is 25.8. The zero-order chi connectivity index (χ0) is 25.2. The van der Waals surface area contributed by atoms with Crippen LogP contribution in [-0.2, 0) is 22.6 Å². The fraction of sp³-hybridized carbons (Fsp3) is 0.538. The van der Waals surface area contributed by atoms with Crippen LogP contribution in [0.15, 0.2) is 35.5 Å². The number of aromatic nitrogens is 2. The second kappa shape index (κ2) is 10.7. The van der Waals surface area contributed by atoms with E-state index < -0.39 is 0 Å². The van der Waals surface area contributed by atoms with Gasteiger partial charge in [-0.1, -0.05) is 68.4 Å². The van der Waals surface area contributed by atoms with Gasteiger partial charge in [-0.15, -0.1) is 0 Å². The summed E-state index contributed by atoms with van der Waals surface area (Å²) in [6.45, 7) is 11.7. The largest absolute Gasteiger partial charge is 0.353 e. The molecule has 1 aromatic carbocycles. The molecule has 4 rings (SSSR count). The summed E-state index contributed by atoms with van der Waals surface area (Å²) in [5.74, 6) is 1.28. The highest BCUT2D eigenvalue weighted by molar-refractivity contribution is 7.99. The van der Waals surface area contributed by atoms with Gasteiger partial charge in [-0.25, -0.2) is 9.97 Å². The van der Waals surface area contributed by atoms with E-state index in [1.54, 1.807) is 6.07 Å². The van der Waals surface area contributed by atoms with Crippen molar-refractivity contribution in [3.05, 3.63) is 46.6 Å². The first-order valence-electron chi connectivity index (χ1n) is 12.2. The summed E-state index contributed by atoms with van der Waals surface area (Å²) >= 11 is 7.65. The Balaban J connectivity index is 1.35. The van der Waals surface area contributed by atoms with Crippen LogP contribution in [0.25, 0.3) is 0 Å². The zero-order valence-corrected chi connectivity index (χ0v) is 22.5. The number of benzene rings is 1. The number of carbonyl (C=O) groups excluding carboxylic acids is 2. The van der Waals surface area contributed by atoms with Crippen LogP contribution in [-0.4, -0.2) is 69.6 Å². The maximum atomic E-state index is 12.9. The molecular weight excluding hydrogens is 482 g/mol. The van der Waals surface area contributed by atoms with E-state index in [-0.39, 0.29) is 29.0 Å². The van der Waals surface area contributed by atoms with E-state index in [2.05, 4.69) is 49.7 Å². The standard InChI is InChI=1S/C26H34ClN5O2S/c1-18-15-30(11-12-32(18)23(33)14-26(2,3)4)22-13-21(27)28-25(29-22)35-17-24(34)31-10-9-19-7-5-6-8-20(19)16-31/h5-8,13,18H,9-12,14-17H2,1-4H3. The third-order valence-electron chi connectivity index (χ3n) is 6.42. The minimum Gasteiger partial charge on any atom is -0.353 e. The number of thioether (sulfide) groups is 1. The average Bonchev–Trinajstić information content (AvgIpc) is 2.80. The second-order valence-electron chi connectivity index (χ2n) is 10.6. The van der Waals surface area contributed by atoms with Crippen molar-refractivity contribution in [3.63, 3.8) is 0 Å². The summed E-state index contributed by atoms with van der Waals surface area (Å²) < 4.78 is 0. The van der Waals surface area contributed by atoms with Crippen LogP contribution < -0.4 is 4.90 Å². The van der Waals surface area contributed by atoms with Gasteiger partial charge >= 0.3 is 0 Å². The molecule has 1 unspecified atom stereocenters. The highest BCUT2D eigenvalue weighted by Gasteiger charge is 2.30. The number of fused-ring (bicyclic) bond motifs is 1. The molecule has 2 aliphatic heterocycles. The molecule has 0 aliphatic carbocycles. The van der Waals surface area contributed by atoms with Crippen molar-refractivity contribution in [2.75, 3.05) is 36.8 Å². The van der Waals surface area contributed by atoms with Crippen LogP contribution in [0, 0.1) is 5.41 Å². The molecule has 1 aromatic heterocycles. The van der Waals surface area contributed by atoms with Crippen molar-refractivity contribution >= 4 is 41.0 Å². The Bertz CT molecular complexity index is 1090. The van der Waals surface area contributed by atoms with Crippen molar-refractivity contribution in [3.8, 4) is 0 Å². The van der Waals surface area contributed by atoms with Crippen molar-refractivity contribution in [2.45, 2.75) is 58.3 Å². The number of rotatable bonds is 5. The molecule has 0 radical (unpaired) electrons. The molecule has 2 amide bonds. The third-order valence-corrected chi connectivity index (χ3v) is 7.45. The van der Waals surface area contributed by atoms with E-state index >= 15 is 0 Å². The van der Waals surface area contributed by atoms with Gasteiger partial charge in [0.15, 0.2) is 5.16 Å². The molecule has 3 heterocycles. The summed E-state index contributed by atoms with van der Waals surface area (Å²) in [5.41, 5.74) is 2.50. The van der Waals surface area contributed by atoms with E-state index in [9.17, 15) is 9.59 Å². The second-order valence-corrected chi connectivity index (χ2v) is 11.9. The number of nitrogens with zero attached hydrogens (tertiary/aromatic N) is 5. The fourth-order valence-electron chi connectivity index (χ4n) is 4.63. The SMILES string of the molecule is CC1CN(c2cc(Cl)nc(SCC(=O)N3CCc4ccccc4C3)n2)CCN1C(=O)CC(C)(C)C. The third kappa shape index (κ3) is 6.67. The Morgan fingerprint density at radius 1 is 1.09 bits per heavy atom. The van der Waals surface area contributed by atoms with Gasteiger partial charge in [0.1, 0.15) is 11.0 Å². The van der Waals surface area contributed by atoms with Gasteiger partial charge in [-0.3, -0.25) is 9.59 Å². The summed E-state index contributed by atoms with van der Waals surface area (Å²) in [6, 6.07) is 10.1. The van der Waals surface area contributed by atoms with Gasteiger partial charge in [-0.2, -0.15) is 0 Å². The Hall–Kier alpha value is -2.32. The molecule has 7 nitrogen and oxygen atoms in total. The quantitative estimate of drug-likeness (QED) is 0.336. The van der Waals surface area contributed by atoms with Crippen molar-refractivity contribution in [1.29, 1.82) is 0 Å². The number of hydrogen-bond donors (Lipinski definition) is 0. The highest BCUT2D eigenvalue weighted by atomic mass is 35.5. The summed E-state index contributed by atoms with van der Waals surface area (Å²) in [4.78, 5) is 40.7. The molecule has 1 fully saturated rings. The molecule has 35 heavy (non-hydrogen) atoms. The summed E-state index contributed by atoms with van der Waals surface area (Å²) in [5, 5.41) is 0.855. The topological polar surface area (TPSA) is 69.6 Å². The lowest BCUT2D eigenvalue weighted by atomic mass is 9.91. The summed E-state index contributed by atoms with van der Waals surface area (Å²) in [7, 11) is 0. The van der Waals surface area contributed by atoms with Gasteiger partial charge in [-0.05, 0) is 29.9 Å². The van der Waals surface area contributed by atoms with Crippen LogP contribution in [0.2, 0.25) is 5.15 Å². The average molecular weight is 516 g/mol. The number of piperazine rings is 1. The number of halogens is 1. The highest BCUT2D eigenvalue weighted by Crippen LogP contribution is 2.27. The molecule has 0 N–H and O–H groups in total. The molecule has 9 heteroatoms. The maximum absolute atomic E-state index is 12.9. The molecule has 0 bridgehead atoms. The maximum Gasteiger partial charge on any atom is 0.233 e. The fourth-order valence-corrected chi connectivity index (χ4v) is 5.61. The lowest BCUT2D eigenvalue weighted by Gasteiger charge is -2.41. The van der Waals surface area contributed by atoms with E-state index in [4.69, 9.17) is 16.6 Å². The molecule has 0 spiro atoms. The van der Waals surface area contributed by atoms with E-state index in [0.717, 1.165) is 18.8 Å². The van der Waals surface area contributed by atoms with E-state index in [1.165, 1.54) is 22.9 Å². The Morgan fingerprint density at radius 3 is 2.54 bits per heavy atom. The normalized spacial score (nSPS) is 18.4. The zero-order valence-electron chi connectivity index (χ0n) is 21.0. The van der Waals surface area contributed by atoms with Gasteiger partial charge < -0.3 is 14.7 Å². The molecule has 2 aromatic rings. The molecule has 1 saturated heterocycles. The predicted molar refractivity (Wildman–Crippen MR) is 141 cm³/mol. The minimum atomic E-state index is -0.0325. The van der Waals surface area contributed by atoms with Crippen LogP contribution in [0.3, 0.4) is 0 Å². The first-order valence-corrected chi connectivity index (χ1v) is 13.5. The van der Waals surface area contributed by atoms with Crippen LogP contribution in [0.1, 0.15) is 45.2 Å². The molecular formula is C26H34ClN5O2S. The van der Waals surface area contributed by atoms with Crippen molar-refractivity contribution in [1.82, 2.24) is 19.8 Å². The number of anilines is 1. The van der Waals surface area contributed by atoms with Gasteiger partial charge in [0.25, 0.3) is 0 Å². The minimum absolute atomic E-state index is 0.0325. The molecule has 1 atom stereocenters. The van der Waals surface area contributed by atoms with Gasteiger partial charge in [0.2, 0.25) is 11.8 Å².